The summed E-state index contributed by atoms with van der Waals surface area (Å²) in [6.07, 6.45) is 0. The summed E-state index contributed by atoms with van der Waals surface area (Å²) in [5.41, 5.74) is 1.86. The van der Waals surface area contributed by atoms with Gasteiger partial charge in [0, 0.05) is 18.3 Å². The minimum absolute atomic E-state index is 0.0661. The van der Waals surface area contributed by atoms with Crippen LogP contribution in [0.4, 0.5) is 5.69 Å². The Morgan fingerprint density at radius 1 is 1.04 bits per heavy atom. The Kier molecular flexibility index (Phi) is 5.86. The molecule has 0 aliphatic heterocycles. The molecule has 0 saturated heterocycles. The van der Waals surface area contributed by atoms with Gasteiger partial charge in [-0.25, -0.2) is 0 Å². The normalized spacial score (nSPS) is 11.4. The summed E-state index contributed by atoms with van der Waals surface area (Å²) in [6.45, 7) is 2.33. The number of nitrogens with one attached hydrogen (secondary N) is 2. The topological polar surface area (TPSA) is 59.6 Å². The lowest BCUT2D eigenvalue weighted by atomic mass is 10.2. The summed E-state index contributed by atoms with van der Waals surface area (Å²) in [7, 11) is 3.17. The van der Waals surface area contributed by atoms with Gasteiger partial charge in [0.05, 0.1) is 14.2 Å². The molecule has 0 saturated carbocycles. The zero-order valence-corrected chi connectivity index (χ0v) is 13.6. The van der Waals surface area contributed by atoms with E-state index < -0.39 is 0 Å². The number of amides is 1. The lowest BCUT2D eigenvalue weighted by molar-refractivity contribution is -0.121. The van der Waals surface area contributed by atoms with E-state index in [-0.39, 0.29) is 11.9 Å². The van der Waals surface area contributed by atoms with Gasteiger partial charge in [-0.1, -0.05) is 30.3 Å². The van der Waals surface area contributed by atoms with Gasteiger partial charge in [0.25, 0.3) is 0 Å². The minimum Gasteiger partial charge on any atom is -0.493 e. The molecule has 0 heterocycles. The van der Waals surface area contributed by atoms with Crippen LogP contribution in [-0.4, -0.2) is 26.2 Å². The van der Waals surface area contributed by atoms with E-state index in [0.29, 0.717) is 18.0 Å². The number of hydrogen-bond donors (Lipinski definition) is 2. The van der Waals surface area contributed by atoms with Crippen LogP contribution in [0.25, 0.3) is 0 Å². The SMILES string of the molecule is COc1ccc(N[C@H](C)C(=O)NCc2ccccc2)cc1OC. The molecule has 1 atom stereocenters. The lowest BCUT2D eigenvalue weighted by Gasteiger charge is -2.16. The maximum Gasteiger partial charge on any atom is 0.242 e. The fourth-order valence-corrected chi connectivity index (χ4v) is 2.18. The number of carbonyl (C=O) groups is 1. The van der Waals surface area contributed by atoms with Crippen molar-refractivity contribution in [1.82, 2.24) is 5.32 Å². The molecule has 0 aliphatic rings. The average Bonchev–Trinajstić information content (AvgIpc) is 2.60. The van der Waals surface area contributed by atoms with Gasteiger partial charge in [-0.3, -0.25) is 4.79 Å². The third-order valence-corrected chi connectivity index (χ3v) is 3.47. The molecular formula is C18H22N2O3. The summed E-state index contributed by atoms with van der Waals surface area (Å²) in [5, 5.41) is 6.07. The van der Waals surface area contributed by atoms with Gasteiger partial charge in [-0.2, -0.15) is 0 Å². The van der Waals surface area contributed by atoms with Gasteiger partial charge in [-0.05, 0) is 24.6 Å². The van der Waals surface area contributed by atoms with Crippen molar-refractivity contribution in [2.45, 2.75) is 19.5 Å². The molecule has 2 aromatic rings. The average molecular weight is 314 g/mol. The number of hydrogen-bond acceptors (Lipinski definition) is 4. The molecule has 0 unspecified atom stereocenters. The highest BCUT2D eigenvalue weighted by Crippen LogP contribution is 2.29. The van der Waals surface area contributed by atoms with E-state index >= 15 is 0 Å². The highest BCUT2D eigenvalue weighted by Gasteiger charge is 2.13. The fraction of sp³-hybridized carbons (Fsp3) is 0.278. The summed E-state index contributed by atoms with van der Waals surface area (Å²) in [5.74, 6) is 1.21. The third-order valence-electron chi connectivity index (χ3n) is 3.47. The molecule has 0 radical (unpaired) electrons. The van der Waals surface area contributed by atoms with Crippen LogP contribution in [0.5, 0.6) is 11.5 Å². The first-order valence-corrected chi connectivity index (χ1v) is 7.44. The largest absolute Gasteiger partial charge is 0.493 e. The summed E-state index contributed by atoms with van der Waals surface area (Å²) in [6, 6.07) is 14.9. The van der Waals surface area contributed by atoms with Crippen LogP contribution in [0.3, 0.4) is 0 Å². The van der Waals surface area contributed by atoms with Crippen LogP contribution in [-0.2, 0) is 11.3 Å². The predicted octanol–water partition coefficient (Wildman–Crippen LogP) is 2.82. The lowest BCUT2D eigenvalue weighted by Crippen LogP contribution is -2.37. The number of rotatable bonds is 7. The first-order valence-electron chi connectivity index (χ1n) is 7.44. The van der Waals surface area contributed by atoms with Gasteiger partial charge in [-0.15, -0.1) is 0 Å². The molecule has 2 aromatic carbocycles. The minimum atomic E-state index is -0.364. The second kappa shape index (κ2) is 8.08. The quantitative estimate of drug-likeness (QED) is 0.825. The second-order valence-electron chi connectivity index (χ2n) is 5.14. The Balaban J connectivity index is 1.93. The molecule has 0 aliphatic carbocycles. The molecule has 0 bridgehead atoms. The Bertz CT molecular complexity index is 644. The van der Waals surface area contributed by atoms with Crippen LogP contribution in [0, 0.1) is 0 Å². The van der Waals surface area contributed by atoms with Gasteiger partial charge in [0.2, 0.25) is 5.91 Å². The van der Waals surface area contributed by atoms with Crippen molar-refractivity contribution in [3.05, 3.63) is 54.1 Å². The van der Waals surface area contributed by atoms with Crippen LogP contribution in [0.1, 0.15) is 12.5 Å². The summed E-state index contributed by atoms with van der Waals surface area (Å²) >= 11 is 0. The van der Waals surface area contributed by atoms with Crippen LogP contribution in [0.2, 0.25) is 0 Å². The first kappa shape index (κ1) is 16.7. The standard InChI is InChI=1S/C18H22N2O3/c1-13(18(21)19-12-14-7-5-4-6-8-14)20-15-9-10-16(22-2)17(11-15)23-3/h4-11,13,20H,12H2,1-3H3,(H,19,21)/t13-/m1/s1. The van der Waals surface area contributed by atoms with Crippen molar-refractivity contribution < 1.29 is 14.3 Å². The van der Waals surface area contributed by atoms with E-state index in [1.165, 1.54) is 0 Å². The monoisotopic (exact) mass is 314 g/mol. The number of carbonyl (C=O) groups excluding carboxylic acids is 1. The maximum absolute atomic E-state index is 12.2. The van der Waals surface area contributed by atoms with Gasteiger partial charge < -0.3 is 20.1 Å². The molecule has 0 aromatic heterocycles. The molecule has 0 fully saturated rings. The summed E-state index contributed by atoms with van der Waals surface area (Å²) < 4.78 is 10.5. The van der Waals surface area contributed by atoms with Crippen molar-refractivity contribution >= 4 is 11.6 Å². The Morgan fingerprint density at radius 2 is 1.74 bits per heavy atom. The number of benzene rings is 2. The molecule has 5 heteroatoms. The first-order chi connectivity index (χ1) is 11.1. The van der Waals surface area contributed by atoms with Gasteiger partial charge in [0.1, 0.15) is 6.04 Å². The van der Waals surface area contributed by atoms with Crippen molar-refractivity contribution in [3.63, 3.8) is 0 Å². The Labute approximate surface area is 136 Å². The maximum atomic E-state index is 12.2. The number of methoxy groups -OCH3 is 2. The van der Waals surface area contributed by atoms with E-state index in [1.54, 1.807) is 26.4 Å². The zero-order chi connectivity index (χ0) is 16.7. The molecule has 122 valence electrons. The van der Waals surface area contributed by atoms with Crippen LogP contribution >= 0.6 is 0 Å². The van der Waals surface area contributed by atoms with E-state index in [9.17, 15) is 4.79 Å². The van der Waals surface area contributed by atoms with Crippen molar-refractivity contribution in [3.8, 4) is 11.5 Å². The predicted molar refractivity (Wildman–Crippen MR) is 90.9 cm³/mol. The molecule has 1 amide bonds. The van der Waals surface area contributed by atoms with E-state index in [4.69, 9.17) is 9.47 Å². The number of ether oxygens (including phenoxy) is 2. The van der Waals surface area contributed by atoms with Gasteiger partial charge in [0.15, 0.2) is 11.5 Å². The number of anilines is 1. The van der Waals surface area contributed by atoms with E-state index in [2.05, 4.69) is 10.6 Å². The van der Waals surface area contributed by atoms with E-state index in [0.717, 1.165) is 11.3 Å². The zero-order valence-electron chi connectivity index (χ0n) is 13.6. The molecule has 2 N–H and O–H groups in total. The molecule has 0 spiro atoms. The molecule has 23 heavy (non-hydrogen) atoms. The van der Waals surface area contributed by atoms with Crippen LogP contribution < -0.4 is 20.1 Å². The van der Waals surface area contributed by atoms with E-state index in [1.807, 2.05) is 43.3 Å². The highest BCUT2D eigenvalue weighted by atomic mass is 16.5. The molecule has 5 nitrogen and oxygen atoms in total. The summed E-state index contributed by atoms with van der Waals surface area (Å²) in [4.78, 5) is 12.2. The Hall–Kier alpha value is -2.69. The van der Waals surface area contributed by atoms with Gasteiger partial charge >= 0.3 is 0 Å². The Morgan fingerprint density at radius 3 is 2.39 bits per heavy atom. The third kappa shape index (κ3) is 4.64. The van der Waals surface area contributed by atoms with Crippen LogP contribution in [0.15, 0.2) is 48.5 Å². The van der Waals surface area contributed by atoms with Crippen molar-refractivity contribution in [1.29, 1.82) is 0 Å². The second-order valence-corrected chi connectivity index (χ2v) is 5.14. The molecule has 2 rings (SSSR count). The van der Waals surface area contributed by atoms with Crippen molar-refractivity contribution in [2.24, 2.45) is 0 Å². The molecular weight excluding hydrogens is 292 g/mol. The fourth-order valence-electron chi connectivity index (χ4n) is 2.18. The smallest absolute Gasteiger partial charge is 0.242 e. The van der Waals surface area contributed by atoms with Crippen molar-refractivity contribution in [2.75, 3.05) is 19.5 Å². The highest BCUT2D eigenvalue weighted by molar-refractivity contribution is 5.84.